The summed E-state index contributed by atoms with van der Waals surface area (Å²) in [5.41, 5.74) is 1.33. The summed E-state index contributed by atoms with van der Waals surface area (Å²) in [6.45, 7) is 6.72. The SMILES string of the molecule is CCNC1CCN(c2ccccc2Br)C(C)C1. The average molecular weight is 297 g/mol. The van der Waals surface area contributed by atoms with Crippen molar-refractivity contribution in [3.8, 4) is 0 Å². The molecule has 0 amide bonds. The van der Waals surface area contributed by atoms with E-state index in [-0.39, 0.29) is 0 Å². The molecule has 0 bridgehead atoms. The molecule has 1 aromatic rings. The lowest BCUT2D eigenvalue weighted by atomic mass is 9.97. The average Bonchev–Trinajstić information content (AvgIpc) is 2.31. The van der Waals surface area contributed by atoms with E-state index in [4.69, 9.17) is 0 Å². The minimum atomic E-state index is 0.603. The Bertz CT molecular complexity index is 367. The minimum absolute atomic E-state index is 0.603. The van der Waals surface area contributed by atoms with Gasteiger partial charge in [0, 0.05) is 23.1 Å². The van der Waals surface area contributed by atoms with Crippen LogP contribution in [-0.4, -0.2) is 25.2 Å². The zero-order valence-electron chi connectivity index (χ0n) is 10.6. The molecule has 3 heteroatoms. The molecule has 1 N–H and O–H groups in total. The maximum absolute atomic E-state index is 3.65. The van der Waals surface area contributed by atoms with E-state index in [1.54, 1.807) is 0 Å². The fourth-order valence-corrected chi connectivity index (χ4v) is 3.20. The Balaban J connectivity index is 2.07. The van der Waals surface area contributed by atoms with Crippen molar-refractivity contribution >= 4 is 21.6 Å². The number of piperidine rings is 1. The molecule has 1 heterocycles. The largest absolute Gasteiger partial charge is 0.368 e. The molecule has 0 aromatic heterocycles. The highest BCUT2D eigenvalue weighted by atomic mass is 79.9. The molecule has 2 unspecified atom stereocenters. The zero-order valence-corrected chi connectivity index (χ0v) is 12.2. The number of anilines is 1. The Morgan fingerprint density at radius 2 is 2.18 bits per heavy atom. The van der Waals surface area contributed by atoms with Gasteiger partial charge in [0.15, 0.2) is 0 Å². The Morgan fingerprint density at radius 3 is 2.82 bits per heavy atom. The predicted octanol–water partition coefficient (Wildman–Crippen LogP) is 3.42. The Hall–Kier alpha value is -0.540. The van der Waals surface area contributed by atoms with Gasteiger partial charge in [-0.2, -0.15) is 0 Å². The fourth-order valence-electron chi connectivity index (χ4n) is 2.69. The van der Waals surface area contributed by atoms with E-state index in [0.717, 1.165) is 13.1 Å². The molecule has 1 fully saturated rings. The fraction of sp³-hybridized carbons (Fsp3) is 0.571. The minimum Gasteiger partial charge on any atom is -0.368 e. The van der Waals surface area contributed by atoms with E-state index in [9.17, 15) is 0 Å². The van der Waals surface area contributed by atoms with Gasteiger partial charge in [0.25, 0.3) is 0 Å². The number of benzene rings is 1. The number of nitrogens with zero attached hydrogens (tertiary/aromatic N) is 1. The summed E-state index contributed by atoms with van der Waals surface area (Å²) in [4.78, 5) is 2.51. The molecule has 2 rings (SSSR count). The van der Waals surface area contributed by atoms with Crippen molar-refractivity contribution < 1.29 is 0 Å². The number of halogens is 1. The second-order valence-electron chi connectivity index (χ2n) is 4.77. The molecule has 1 aliphatic rings. The lowest BCUT2D eigenvalue weighted by molar-refractivity contribution is 0.374. The van der Waals surface area contributed by atoms with Crippen LogP contribution >= 0.6 is 15.9 Å². The van der Waals surface area contributed by atoms with Gasteiger partial charge in [0.05, 0.1) is 5.69 Å². The third kappa shape index (κ3) is 3.02. The van der Waals surface area contributed by atoms with E-state index in [0.29, 0.717) is 12.1 Å². The van der Waals surface area contributed by atoms with Crippen LogP contribution in [0, 0.1) is 0 Å². The number of hydrogen-bond donors (Lipinski definition) is 1. The van der Waals surface area contributed by atoms with E-state index in [1.165, 1.54) is 23.0 Å². The summed E-state index contributed by atoms with van der Waals surface area (Å²) < 4.78 is 1.20. The van der Waals surface area contributed by atoms with Crippen molar-refractivity contribution in [2.75, 3.05) is 18.0 Å². The molecule has 1 aliphatic heterocycles. The van der Waals surface area contributed by atoms with Crippen LogP contribution in [0.25, 0.3) is 0 Å². The topological polar surface area (TPSA) is 15.3 Å². The third-order valence-corrected chi connectivity index (χ3v) is 4.20. The molecule has 2 nitrogen and oxygen atoms in total. The Morgan fingerprint density at radius 1 is 1.41 bits per heavy atom. The summed E-state index contributed by atoms with van der Waals surface area (Å²) >= 11 is 3.65. The second-order valence-corrected chi connectivity index (χ2v) is 5.63. The monoisotopic (exact) mass is 296 g/mol. The van der Waals surface area contributed by atoms with Crippen LogP contribution in [-0.2, 0) is 0 Å². The smallest absolute Gasteiger partial charge is 0.0513 e. The Kier molecular flexibility index (Phi) is 4.46. The van der Waals surface area contributed by atoms with Crippen LogP contribution in [0.4, 0.5) is 5.69 Å². The van der Waals surface area contributed by atoms with Gasteiger partial charge in [-0.15, -0.1) is 0 Å². The maximum atomic E-state index is 3.65. The summed E-state index contributed by atoms with van der Waals surface area (Å²) in [5, 5.41) is 3.56. The highest BCUT2D eigenvalue weighted by Crippen LogP contribution is 2.31. The van der Waals surface area contributed by atoms with Gasteiger partial charge in [-0.3, -0.25) is 0 Å². The van der Waals surface area contributed by atoms with Crippen LogP contribution in [0.1, 0.15) is 26.7 Å². The van der Waals surface area contributed by atoms with Crippen molar-refractivity contribution in [2.24, 2.45) is 0 Å². The second kappa shape index (κ2) is 5.87. The third-order valence-electron chi connectivity index (χ3n) is 3.53. The number of hydrogen-bond acceptors (Lipinski definition) is 2. The summed E-state index contributed by atoms with van der Waals surface area (Å²) in [6.07, 6.45) is 2.47. The van der Waals surface area contributed by atoms with Gasteiger partial charge in [-0.25, -0.2) is 0 Å². The van der Waals surface area contributed by atoms with Crippen molar-refractivity contribution in [3.63, 3.8) is 0 Å². The molecule has 0 aliphatic carbocycles. The lowest BCUT2D eigenvalue weighted by Gasteiger charge is -2.40. The lowest BCUT2D eigenvalue weighted by Crippen LogP contribution is -2.47. The van der Waals surface area contributed by atoms with Crippen molar-refractivity contribution in [1.29, 1.82) is 0 Å². The van der Waals surface area contributed by atoms with Gasteiger partial charge in [-0.1, -0.05) is 19.1 Å². The van der Waals surface area contributed by atoms with E-state index in [1.807, 2.05) is 0 Å². The first-order valence-electron chi connectivity index (χ1n) is 6.47. The van der Waals surface area contributed by atoms with E-state index < -0.39 is 0 Å². The summed E-state index contributed by atoms with van der Waals surface area (Å²) in [5.74, 6) is 0. The standard InChI is InChI=1S/C14H21BrN2/c1-3-16-12-8-9-17(11(2)10-12)14-7-5-4-6-13(14)15/h4-7,11-12,16H,3,8-10H2,1-2H3. The summed E-state index contributed by atoms with van der Waals surface area (Å²) in [7, 11) is 0. The van der Waals surface area contributed by atoms with Crippen LogP contribution in [0.15, 0.2) is 28.7 Å². The van der Waals surface area contributed by atoms with Crippen LogP contribution in [0.5, 0.6) is 0 Å². The highest BCUT2D eigenvalue weighted by Gasteiger charge is 2.25. The predicted molar refractivity (Wildman–Crippen MR) is 77.6 cm³/mol. The first-order chi connectivity index (χ1) is 8.22. The van der Waals surface area contributed by atoms with Gasteiger partial charge >= 0.3 is 0 Å². The van der Waals surface area contributed by atoms with Gasteiger partial charge in [-0.05, 0) is 54.4 Å². The van der Waals surface area contributed by atoms with E-state index >= 15 is 0 Å². The van der Waals surface area contributed by atoms with E-state index in [2.05, 4.69) is 64.3 Å². The van der Waals surface area contributed by atoms with Crippen molar-refractivity contribution in [1.82, 2.24) is 5.32 Å². The molecule has 0 spiro atoms. The first kappa shape index (κ1) is 12.9. The molecule has 17 heavy (non-hydrogen) atoms. The maximum Gasteiger partial charge on any atom is 0.0513 e. The molecule has 0 saturated carbocycles. The van der Waals surface area contributed by atoms with Gasteiger partial charge in [0.2, 0.25) is 0 Å². The Labute approximate surface area is 113 Å². The van der Waals surface area contributed by atoms with Crippen LogP contribution in [0.3, 0.4) is 0 Å². The van der Waals surface area contributed by atoms with Gasteiger partial charge < -0.3 is 10.2 Å². The molecular weight excluding hydrogens is 276 g/mol. The molecule has 1 saturated heterocycles. The number of nitrogens with one attached hydrogen (secondary N) is 1. The molecule has 1 aromatic carbocycles. The van der Waals surface area contributed by atoms with Crippen molar-refractivity contribution in [2.45, 2.75) is 38.8 Å². The van der Waals surface area contributed by atoms with Gasteiger partial charge in [0.1, 0.15) is 0 Å². The zero-order chi connectivity index (χ0) is 12.3. The van der Waals surface area contributed by atoms with Crippen LogP contribution in [0.2, 0.25) is 0 Å². The quantitative estimate of drug-likeness (QED) is 0.919. The van der Waals surface area contributed by atoms with Crippen LogP contribution < -0.4 is 10.2 Å². The number of para-hydroxylation sites is 1. The normalized spacial score (nSPS) is 25.0. The highest BCUT2D eigenvalue weighted by molar-refractivity contribution is 9.10. The number of rotatable bonds is 3. The molecule has 0 radical (unpaired) electrons. The summed E-state index contributed by atoms with van der Waals surface area (Å²) in [6, 6.07) is 9.81. The molecular formula is C14H21BrN2. The first-order valence-corrected chi connectivity index (χ1v) is 7.26. The molecule has 94 valence electrons. The van der Waals surface area contributed by atoms with Crippen molar-refractivity contribution in [3.05, 3.63) is 28.7 Å². The molecule has 2 atom stereocenters.